The quantitative estimate of drug-likeness (QED) is 0.198. The van der Waals surface area contributed by atoms with E-state index in [1.54, 1.807) is 20.0 Å². The molecule has 0 radical (unpaired) electrons. The standard InChI is InChI=1S/C22H30N6O6/c1-11(2)19(22(34)27-16(8-17(24)29)21(33)26-10-18(30)31)28-20(32)14(23)7-12-9-25-15-6-4-3-5-13(12)15/h3-6,9,11,14,16,19,25H,7-8,10,23H2,1-2H3,(H2,24,29)(H,26,33)(H,27,34)(H,28,32)(H,30,31). The summed E-state index contributed by atoms with van der Waals surface area (Å²) in [5.74, 6) is -4.75. The zero-order chi connectivity index (χ0) is 25.4. The molecular weight excluding hydrogens is 444 g/mol. The van der Waals surface area contributed by atoms with Gasteiger partial charge in [-0.2, -0.15) is 0 Å². The van der Waals surface area contributed by atoms with E-state index in [9.17, 15) is 24.0 Å². The number of aromatic amines is 1. The number of rotatable bonds is 12. The monoisotopic (exact) mass is 474 g/mol. The maximum Gasteiger partial charge on any atom is 0.322 e. The SMILES string of the molecule is CC(C)C(NC(=O)C(N)Cc1c[nH]c2ccccc12)C(=O)NC(CC(N)=O)C(=O)NCC(=O)O. The van der Waals surface area contributed by atoms with Gasteiger partial charge in [0.1, 0.15) is 18.6 Å². The summed E-state index contributed by atoms with van der Waals surface area (Å²) in [5, 5.41) is 16.7. The molecule has 0 aliphatic rings. The summed E-state index contributed by atoms with van der Waals surface area (Å²) in [6.45, 7) is 2.67. The zero-order valence-corrected chi connectivity index (χ0v) is 19.0. The van der Waals surface area contributed by atoms with Crippen LogP contribution in [-0.4, -0.2) is 64.4 Å². The number of hydrogen-bond acceptors (Lipinski definition) is 6. The number of carbonyl (C=O) groups excluding carboxylic acids is 4. The number of para-hydroxylation sites is 1. The normalized spacial score (nSPS) is 13.6. The second-order valence-corrected chi connectivity index (χ2v) is 8.24. The Labute approximate surface area is 195 Å². The number of aromatic nitrogens is 1. The Hall–Kier alpha value is -3.93. The second kappa shape index (κ2) is 11.8. The molecule has 0 bridgehead atoms. The van der Waals surface area contributed by atoms with Gasteiger partial charge in [-0.3, -0.25) is 24.0 Å². The number of H-pyrrole nitrogens is 1. The Morgan fingerprint density at radius 2 is 1.71 bits per heavy atom. The number of amides is 4. The summed E-state index contributed by atoms with van der Waals surface area (Å²) >= 11 is 0. The predicted octanol–water partition coefficient (Wildman–Crippen LogP) is -1.26. The first kappa shape index (κ1) is 26.3. The van der Waals surface area contributed by atoms with Crippen molar-refractivity contribution in [1.82, 2.24) is 20.9 Å². The molecule has 1 aromatic heterocycles. The molecule has 34 heavy (non-hydrogen) atoms. The summed E-state index contributed by atoms with van der Waals surface area (Å²) < 4.78 is 0. The molecule has 3 unspecified atom stereocenters. The molecule has 1 aromatic carbocycles. The van der Waals surface area contributed by atoms with Crippen LogP contribution in [0.15, 0.2) is 30.5 Å². The Kier molecular flexibility index (Phi) is 9.13. The fourth-order valence-electron chi connectivity index (χ4n) is 3.38. The van der Waals surface area contributed by atoms with Crippen molar-refractivity contribution >= 4 is 40.5 Å². The molecule has 0 spiro atoms. The van der Waals surface area contributed by atoms with Crippen molar-refractivity contribution in [1.29, 1.82) is 0 Å². The highest BCUT2D eigenvalue weighted by atomic mass is 16.4. The number of carboxylic acids is 1. The van der Waals surface area contributed by atoms with Gasteiger partial charge in [0, 0.05) is 17.1 Å². The third-order valence-corrected chi connectivity index (χ3v) is 5.15. The number of carbonyl (C=O) groups is 5. The van der Waals surface area contributed by atoms with Gasteiger partial charge in [-0.05, 0) is 24.0 Å². The third-order valence-electron chi connectivity index (χ3n) is 5.15. The second-order valence-electron chi connectivity index (χ2n) is 8.24. The number of fused-ring (bicyclic) bond motifs is 1. The summed E-state index contributed by atoms with van der Waals surface area (Å²) in [4.78, 5) is 63.0. The van der Waals surface area contributed by atoms with Crippen LogP contribution in [0.25, 0.3) is 10.9 Å². The molecule has 2 rings (SSSR count). The van der Waals surface area contributed by atoms with Gasteiger partial charge in [-0.15, -0.1) is 0 Å². The number of nitrogens with one attached hydrogen (secondary N) is 4. The smallest absolute Gasteiger partial charge is 0.322 e. The van der Waals surface area contributed by atoms with E-state index in [4.69, 9.17) is 16.6 Å². The minimum absolute atomic E-state index is 0.226. The number of benzene rings is 1. The lowest BCUT2D eigenvalue weighted by atomic mass is 10.0. The summed E-state index contributed by atoms with van der Waals surface area (Å²) in [6, 6.07) is 4.15. The fraction of sp³-hybridized carbons (Fsp3) is 0.409. The minimum Gasteiger partial charge on any atom is -0.480 e. The van der Waals surface area contributed by atoms with Crippen LogP contribution in [0.2, 0.25) is 0 Å². The van der Waals surface area contributed by atoms with Gasteiger partial charge in [-0.1, -0.05) is 32.0 Å². The molecule has 12 heteroatoms. The average molecular weight is 475 g/mol. The molecule has 0 aliphatic heterocycles. The van der Waals surface area contributed by atoms with Crippen LogP contribution in [0.5, 0.6) is 0 Å². The first-order chi connectivity index (χ1) is 16.0. The lowest BCUT2D eigenvalue weighted by molar-refractivity contribution is -0.139. The van der Waals surface area contributed by atoms with Crippen molar-refractivity contribution in [3.8, 4) is 0 Å². The molecule has 0 saturated heterocycles. The molecule has 2 aromatic rings. The topological polar surface area (TPSA) is 209 Å². The maximum atomic E-state index is 12.8. The van der Waals surface area contributed by atoms with Crippen LogP contribution in [0.4, 0.5) is 0 Å². The zero-order valence-electron chi connectivity index (χ0n) is 19.0. The third kappa shape index (κ3) is 7.30. The first-order valence-corrected chi connectivity index (χ1v) is 10.7. The number of carboxylic acid groups (broad SMARTS) is 1. The highest BCUT2D eigenvalue weighted by Crippen LogP contribution is 2.19. The number of aliphatic carboxylic acids is 1. The van der Waals surface area contributed by atoms with Crippen molar-refractivity contribution < 1.29 is 29.1 Å². The first-order valence-electron chi connectivity index (χ1n) is 10.7. The molecule has 4 amide bonds. The van der Waals surface area contributed by atoms with Crippen LogP contribution in [0.1, 0.15) is 25.8 Å². The van der Waals surface area contributed by atoms with E-state index in [1.165, 1.54) is 0 Å². The van der Waals surface area contributed by atoms with Gasteiger partial charge in [0.15, 0.2) is 0 Å². The number of hydrogen-bond donors (Lipinski definition) is 7. The van der Waals surface area contributed by atoms with E-state index >= 15 is 0 Å². The number of nitrogens with two attached hydrogens (primary N) is 2. The lowest BCUT2D eigenvalue weighted by Crippen LogP contribution is -2.58. The largest absolute Gasteiger partial charge is 0.480 e. The van der Waals surface area contributed by atoms with Crippen LogP contribution in [-0.2, 0) is 30.4 Å². The molecule has 0 aliphatic carbocycles. The molecule has 9 N–H and O–H groups in total. The van der Waals surface area contributed by atoms with Gasteiger partial charge in [0.2, 0.25) is 23.6 Å². The van der Waals surface area contributed by atoms with Gasteiger partial charge in [-0.25, -0.2) is 0 Å². The van der Waals surface area contributed by atoms with E-state index in [0.29, 0.717) is 0 Å². The predicted molar refractivity (Wildman–Crippen MR) is 123 cm³/mol. The van der Waals surface area contributed by atoms with Crippen molar-refractivity contribution in [3.05, 3.63) is 36.0 Å². The maximum absolute atomic E-state index is 12.8. The molecular formula is C22H30N6O6. The van der Waals surface area contributed by atoms with Crippen molar-refractivity contribution in [3.63, 3.8) is 0 Å². The van der Waals surface area contributed by atoms with Crippen LogP contribution in [0.3, 0.4) is 0 Å². The highest BCUT2D eigenvalue weighted by molar-refractivity contribution is 5.96. The van der Waals surface area contributed by atoms with E-state index in [-0.39, 0.29) is 12.3 Å². The van der Waals surface area contributed by atoms with Crippen molar-refractivity contribution in [2.45, 2.75) is 44.8 Å². The average Bonchev–Trinajstić information content (AvgIpc) is 3.17. The molecule has 12 nitrogen and oxygen atoms in total. The summed E-state index contributed by atoms with van der Waals surface area (Å²) in [5.41, 5.74) is 13.0. The molecule has 184 valence electrons. The molecule has 3 atom stereocenters. The lowest BCUT2D eigenvalue weighted by Gasteiger charge is -2.26. The molecule has 0 fully saturated rings. The minimum atomic E-state index is -1.40. The molecule has 0 saturated carbocycles. The fourth-order valence-corrected chi connectivity index (χ4v) is 3.38. The van der Waals surface area contributed by atoms with Crippen molar-refractivity contribution in [2.24, 2.45) is 17.4 Å². The summed E-state index contributed by atoms with van der Waals surface area (Å²) in [7, 11) is 0. The molecule has 1 heterocycles. The Balaban J connectivity index is 2.06. The van der Waals surface area contributed by atoms with Gasteiger partial charge in [0.25, 0.3) is 0 Å². The summed E-state index contributed by atoms with van der Waals surface area (Å²) in [6.07, 6.45) is 1.45. The Bertz CT molecular complexity index is 1070. The van der Waals surface area contributed by atoms with E-state index in [1.807, 2.05) is 24.3 Å². The van der Waals surface area contributed by atoms with Crippen LogP contribution in [0, 0.1) is 5.92 Å². The van der Waals surface area contributed by atoms with E-state index in [0.717, 1.165) is 16.5 Å². The Morgan fingerprint density at radius 1 is 1.03 bits per heavy atom. The Morgan fingerprint density at radius 3 is 2.32 bits per heavy atom. The highest BCUT2D eigenvalue weighted by Gasteiger charge is 2.31. The number of primary amides is 1. The van der Waals surface area contributed by atoms with Gasteiger partial charge >= 0.3 is 5.97 Å². The van der Waals surface area contributed by atoms with Gasteiger partial charge < -0.3 is 37.5 Å². The van der Waals surface area contributed by atoms with E-state index in [2.05, 4.69) is 20.9 Å². The van der Waals surface area contributed by atoms with Crippen LogP contribution < -0.4 is 27.4 Å². The van der Waals surface area contributed by atoms with E-state index < -0.39 is 60.7 Å². The van der Waals surface area contributed by atoms with Crippen molar-refractivity contribution in [2.75, 3.05) is 6.54 Å². The van der Waals surface area contributed by atoms with Gasteiger partial charge in [0.05, 0.1) is 12.5 Å². The van der Waals surface area contributed by atoms with Crippen LogP contribution >= 0.6 is 0 Å².